The fourth-order valence-corrected chi connectivity index (χ4v) is 2.75. The summed E-state index contributed by atoms with van der Waals surface area (Å²) < 4.78 is 3.01. The molecule has 4 aromatic rings. The van der Waals surface area contributed by atoms with Crippen LogP contribution in [0.1, 0.15) is 5.56 Å². The van der Waals surface area contributed by atoms with Gasteiger partial charge in [-0.15, -0.1) is 5.10 Å². The first-order chi connectivity index (χ1) is 12.1. The molecule has 124 valence electrons. The van der Waals surface area contributed by atoms with Gasteiger partial charge in [0, 0.05) is 10.0 Å². The van der Waals surface area contributed by atoms with Crippen LogP contribution in [0.4, 0.5) is 0 Å². The lowest BCUT2D eigenvalue weighted by Gasteiger charge is -2.06. The fraction of sp³-hybridized carbons (Fsp3) is 0.0588. The van der Waals surface area contributed by atoms with Crippen LogP contribution in [-0.2, 0) is 6.54 Å². The van der Waals surface area contributed by atoms with Gasteiger partial charge in [-0.2, -0.15) is 4.68 Å². The van der Waals surface area contributed by atoms with Crippen LogP contribution in [-0.4, -0.2) is 24.5 Å². The Morgan fingerprint density at radius 2 is 1.56 bits per heavy atom. The van der Waals surface area contributed by atoms with Crippen LogP contribution >= 0.6 is 23.2 Å². The summed E-state index contributed by atoms with van der Waals surface area (Å²) in [5.41, 5.74) is 2.04. The Kier molecular flexibility index (Phi) is 3.99. The first-order valence-electron chi connectivity index (χ1n) is 7.43. The highest BCUT2D eigenvalue weighted by Gasteiger charge is 2.13. The zero-order chi connectivity index (χ0) is 17.4. The molecule has 2 aromatic heterocycles. The minimum Gasteiger partial charge on any atom is -0.293 e. The molecule has 0 spiro atoms. The van der Waals surface area contributed by atoms with Crippen LogP contribution < -0.4 is 5.56 Å². The molecule has 0 bridgehead atoms. The quantitative estimate of drug-likeness (QED) is 0.553. The van der Waals surface area contributed by atoms with Gasteiger partial charge in [0.05, 0.1) is 12.2 Å². The molecule has 0 unspecified atom stereocenters. The molecule has 8 heteroatoms. The Morgan fingerprint density at radius 3 is 2.24 bits per heavy atom. The van der Waals surface area contributed by atoms with Crippen LogP contribution in [0.25, 0.3) is 16.9 Å². The summed E-state index contributed by atoms with van der Waals surface area (Å²) in [6.45, 7) is 0.382. The van der Waals surface area contributed by atoms with Gasteiger partial charge in [-0.05, 0) is 42.0 Å². The van der Waals surface area contributed by atoms with Crippen LogP contribution in [0.3, 0.4) is 0 Å². The molecule has 2 heterocycles. The fourth-order valence-electron chi connectivity index (χ4n) is 2.50. The third kappa shape index (κ3) is 3.01. The summed E-state index contributed by atoms with van der Waals surface area (Å²) in [5, 5.41) is 9.31. The summed E-state index contributed by atoms with van der Waals surface area (Å²) in [6, 6.07) is 14.4. The van der Waals surface area contributed by atoms with E-state index in [0.717, 1.165) is 11.3 Å². The van der Waals surface area contributed by atoms with E-state index in [-0.39, 0.29) is 11.1 Å². The van der Waals surface area contributed by atoms with E-state index in [2.05, 4.69) is 15.3 Å². The van der Waals surface area contributed by atoms with Crippen LogP contribution in [0.2, 0.25) is 10.0 Å². The molecule has 25 heavy (non-hydrogen) atoms. The Balaban J connectivity index is 1.75. The largest absolute Gasteiger partial charge is 0.293 e. The number of rotatable bonds is 3. The topological polar surface area (TPSA) is 65.6 Å². The highest BCUT2D eigenvalue weighted by atomic mass is 35.5. The number of halogens is 2. The van der Waals surface area contributed by atoms with Crippen molar-refractivity contribution in [2.24, 2.45) is 0 Å². The maximum absolute atomic E-state index is 12.7. The molecule has 0 atom stereocenters. The summed E-state index contributed by atoms with van der Waals surface area (Å²) in [6.07, 6.45) is 1.50. The Bertz CT molecular complexity index is 1100. The van der Waals surface area contributed by atoms with Crippen LogP contribution in [0.15, 0.2) is 59.7 Å². The van der Waals surface area contributed by atoms with Gasteiger partial charge in [0.2, 0.25) is 0 Å². The number of fused-ring (bicyclic) bond motifs is 1. The third-order valence-corrected chi connectivity index (χ3v) is 4.27. The maximum atomic E-state index is 12.7. The molecule has 0 aliphatic carbocycles. The molecule has 0 amide bonds. The zero-order valence-corrected chi connectivity index (χ0v) is 14.3. The molecular weight excluding hydrogens is 361 g/mol. The molecule has 4 rings (SSSR count). The number of hydrogen-bond donors (Lipinski definition) is 0. The highest BCUT2D eigenvalue weighted by molar-refractivity contribution is 6.30. The first kappa shape index (κ1) is 15.8. The smallest absolute Gasteiger partial charge is 0.283 e. The predicted molar refractivity (Wildman–Crippen MR) is 96.5 cm³/mol. The van der Waals surface area contributed by atoms with E-state index >= 15 is 0 Å². The van der Waals surface area contributed by atoms with Gasteiger partial charge in [-0.3, -0.25) is 9.36 Å². The number of nitrogens with zero attached hydrogens (tertiary/aromatic N) is 5. The standard InChI is InChI=1S/C17H11Cl2N5O/c18-12-3-1-11(2-4-12)9-23-10-20-16-15(17(23)25)21-22-24(16)14-7-5-13(19)6-8-14/h1-8,10H,9H2. The lowest BCUT2D eigenvalue weighted by molar-refractivity contribution is 0.745. The van der Waals surface area contributed by atoms with E-state index in [1.165, 1.54) is 15.6 Å². The summed E-state index contributed by atoms with van der Waals surface area (Å²) in [4.78, 5) is 17.0. The van der Waals surface area contributed by atoms with E-state index in [9.17, 15) is 4.79 Å². The van der Waals surface area contributed by atoms with Crippen molar-refractivity contribution in [2.75, 3.05) is 0 Å². The van der Waals surface area contributed by atoms with Crippen molar-refractivity contribution >= 4 is 34.4 Å². The lowest BCUT2D eigenvalue weighted by Crippen LogP contribution is -2.21. The highest BCUT2D eigenvalue weighted by Crippen LogP contribution is 2.15. The summed E-state index contributed by atoms with van der Waals surface area (Å²) in [7, 11) is 0. The molecule has 0 N–H and O–H groups in total. The molecular formula is C17H11Cl2N5O. The van der Waals surface area contributed by atoms with Gasteiger partial charge in [0.25, 0.3) is 5.56 Å². The SMILES string of the molecule is O=c1c2nnn(-c3ccc(Cl)cc3)c2ncn1Cc1ccc(Cl)cc1. The Labute approximate surface area is 152 Å². The van der Waals surface area contributed by atoms with Gasteiger partial charge < -0.3 is 0 Å². The summed E-state index contributed by atoms with van der Waals surface area (Å²) in [5.74, 6) is 0. The third-order valence-electron chi connectivity index (χ3n) is 3.77. The van der Waals surface area contributed by atoms with E-state index in [0.29, 0.717) is 22.2 Å². The second kappa shape index (κ2) is 6.31. The Hall–Kier alpha value is -2.70. The lowest BCUT2D eigenvalue weighted by atomic mass is 10.2. The van der Waals surface area contributed by atoms with Crippen molar-refractivity contribution in [1.29, 1.82) is 0 Å². The van der Waals surface area contributed by atoms with E-state index < -0.39 is 0 Å². The minimum atomic E-state index is -0.250. The van der Waals surface area contributed by atoms with Crippen molar-refractivity contribution in [3.63, 3.8) is 0 Å². The molecule has 0 fully saturated rings. The first-order valence-corrected chi connectivity index (χ1v) is 8.18. The second-order valence-corrected chi connectivity index (χ2v) is 6.33. The molecule has 0 saturated carbocycles. The molecule has 0 radical (unpaired) electrons. The average Bonchev–Trinajstić information content (AvgIpc) is 3.05. The number of aromatic nitrogens is 5. The van der Waals surface area contributed by atoms with Crippen molar-refractivity contribution in [3.8, 4) is 5.69 Å². The molecule has 6 nitrogen and oxygen atoms in total. The van der Waals surface area contributed by atoms with Crippen molar-refractivity contribution in [2.45, 2.75) is 6.54 Å². The van der Waals surface area contributed by atoms with Crippen molar-refractivity contribution < 1.29 is 0 Å². The second-order valence-electron chi connectivity index (χ2n) is 5.45. The molecule has 2 aromatic carbocycles. The minimum absolute atomic E-state index is 0.214. The van der Waals surface area contributed by atoms with E-state index in [4.69, 9.17) is 23.2 Å². The van der Waals surface area contributed by atoms with Crippen molar-refractivity contribution in [3.05, 3.63) is 80.8 Å². The van der Waals surface area contributed by atoms with Crippen LogP contribution in [0.5, 0.6) is 0 Å². The molecule has 0 aliphatic rings. The van der Waals surface area contributed by atoms with E-state index in [1.54, 1.807) is 36.4 Å². The number of hydrogen-bond acceptors (Lipinski definition) is 4. The summed E-state index contributed by atoms with van der Waals surface area (Å²) >= 11 is 11.8. The van der Waals surface area contributed by atoms with E-state index in [1.807, 2.05) is 12.1 Å². The maximum Gasteiger partial charge on any atom is 0.283 e. The average molecular weight is 372 g/mol. The molecule has 0 saturated heterocycles. The van der Waals surface area contributed by atoms with Gasteiger partial charge in [-0.1, -0.05) is 40.5 Å². The van der Waals surface area contributed by atoms with Crippen LogP contribution in [0, 0.1) is 0 Å². The number of benzene rings is 2. The van der Waals surface area contributed by atoms with Gasteiger partial charge in [0.1, 0.15) is 6.33 Å². The Morgan fingerprint density at radius 1 is 0.920 bits per heavy atom. The molecule has 0 aliphatic heterocycles. The predicted octanol–water partition coefficient (Wildman–Crippen LogP) is 3.33. The monoisotopic (exact) mass is 371 g/mol. The van der Waals surface area contributed by atoms with Gasteiger partial charge in [-0.25, -0.2) is 4.98 Å². The van der Waals surface area contributed by atoms with Gasteiger partial charge in [0.15, 0.2) is 11.2 Å². The van der Waals surface area contributed by atoms with Gasteiger partial charge >= 0.3 is 0 Å². The zero-order valence-electron chi connectivity index (χ0n) is 12.8. The normalized spacial score (nSPS) is 11.1. The van der Waals surface area contributed by atoms with Crippen molar-refractivity contribution in [1.82, 2.24) is 24.5 Å².